The Balaban J connectivity index is 1.89. The van der Waals surface area contributed by atoms with Crippen molar-refractivity contribution in [3.05, 3.63) is 18.7 Å². The summed E-state index contributed by atoms with van der Waals surface area (Å²) in [6, 6.07) is 0.0958. The molecule has 0 saturated carbocycles. The molecule has 2 aromatic heterocycles. The van der Waals surface area contributed by atoms with Gasteiger partial charge in [-0.2, -0.15) is 4.98 Å². The zero-order valence-electron chi connectivity index (χ0n) is 12.6. The molecule has 1 aliphatic heterocycles. The second-order valence-electron chi connectivity index (χ2n) is 5.25. The van der Waals surface area contributed by atoms with Gasteiger partial charge >= 0.3 is 6.01 Å². The Hall–Kier alpha value is -2.34. The summed E-state index contributed by atoms with van der Waals surface area (Å²) in [5.74, 6) is -2.63. The number of ether oxygens (including phenoxy) is 2. The van der Waals surface area contributed by atoms with E-state index in [1.807, 2.05) is 0 Å². The molecule has 3 rings (SSSR count). The number of alkyl halides is 1. The van der Waals surface area contributed by atoms with Crippen molar-refractivity contribution in [1.82, 2.24) is 19.5 Å². The highest BCUT2D eigenvalue weighted by atomic mass is 19.2. The van der Waals surface area contributed by atoms with Crippen LogP contribution >= 0.6 is 0 Å². The SMILES string of the molecule is COc1ncc(-c2cn([C@@H]3O[C@](F)(CO)[C@H](O)C3O)cn2)c(N)n1. The van der Waals surface area contributed by atoms with Crippen LogP contribution in [0.3, 0.4) is 0 Å². The summed E-state index contributed by atoms with van der Waals surface area (Å²) in [7, 11) is 1.40. The molecule has 0 spiro atoms. The summed E-state index contributed by atoms with van der Waals surface area (Å²) in [4.78, 5) is 11.9. The van der Waals surface area contributed by atoms with Crippen LogP contribution in [0.2, 0.25) is 0 Å². The third-order valence-corrected chi connectivity index (χ3v) is 3.74. The fraction of sp³-hybridized carbons (Fsp3) is 0.462. The van der Waals surface area contributed by atoms with E-state index in [1.165, 1.54) is 30.4 Å². The normalized spacial score (nSPS) is 29.8. The summed E-state index contributed by atoms with van der Waals surface area (Å²) >= 11 is 0. The van der Waals surface area contributed by atoms with Gasteiger partial charge in [-0.05, 0) is 0 Å². The van der Waals surface area contributed by atoms with Gasteiger partial charge < -0.3 is 35.1 Å². The number of halogens is 1. The maximum Gasteiger partial charge on any atom is 0.318 e. The molecule has 10 nitrogen and oxygen atoms in total. The number of methoxy groups -OCH3 is 1. The Kier molecular flexibility index (Phi) is 4.09. The first-order chi connectivity index (χ1) is 11.4. The van der Waals surface area contributed by atoms with Gasteiger partial charge in [0.2, 0.25) is 0 Å². The van der Waals surface area contributed by atoms with Crippen LogP contribution in [0.1, 0.15) is 6.23 Å². The third kappa shape index (κ3) is 2.57. The van der Waals surface area contributed by atoms with Crippen LogP contribution in [0.5, 0.6) is 6.01 Å². The lowest BCUT2D eigenvalue weighted by atomic mass is 10.1. The molecule has 1 unspecified atom stereocenters. The number of aromatic nitrogens is 4. The molecular weight excluding hydrogens is 325 g/mol. The van der Waals surface area contributed by atoms with Crippen LogP contribution in [-0.4, -0.2) is 66.6 Å². The molecule has 2 aromatic rings. The van der Waals surface area contributed by atoms with Gasteiger partial charge in [-0.15, -0.1) is 0 Å². The Labute approximate surface area is 135 Å². The van der Waals surface area contributed by atoms with Gasteiger partial charge in [-0.3, -0.25) is 0 Å². The minimum absolute atomic E-state index is 0.0958. The summed E-state index contributed by atoms with van der Waals surface area (Å²) in [5.41, 5.74) is 6.56. The van der Waals surface area contributed by atoms with E-state index < -0.39 is 30.9 Å². The summed E-state index contributed by atoms with van der Waals surface area (Å²) < 4.78 is 25.2. The Morgan fingerprint density at radius 1 is 1.46 bits per heavy atom. The van der Waals surface area contributed by atoms with Gasteiger partial charge in [0.05, 0.1) is 24.7 Å². The fourth-order valence-electron chi connectivity index (χ4n) is 2.41. The molecule has 4 atom stereocenters. The smallest absolute Gasteiger partial charge is 0.318 e. The molecule has 0 aliphatic carbocycles. The van der Waals surface area contributed by atoms with Gasteiger partial charge in [0.15, 0.2) is 6.23 Å². The van der Waals surface area contributed by atoms with E-state index in [0.717, 1.165) is 0 Å². The maximum absolute atomic E-state index is 14.1. The average molecular weight is 341 g/mol. The topological polar surface area (TPSA) is 149 Å². The Bertz CT molecular complexity index is 743. The average Bonchev–Trinajstić information content (AvgIpc) is 3.14. The number of aliphatic hydroxyl groups is 3. The van der Waals surface area contributed by atoms with Crippen molar-refractivity contribution < 1.29 is 29.2 Å². The van der Waals surface area contributed by atoms with Crippen LogP contribution in [0.4, 0.5) is 10.2 Å². The first-order valence-corrected chi connectivity index (χ1v) is 6.93. The van der Waals surface area contributed by atoms with Crippen molar-refractivity contribution in [2.45, 2.75) is 24.3 Å². The van der Waals surface area contributed by atoms with E-state index in [-0.39, 0.29) is 11.8 Å². The van der Waals surface area contributed by atoms with Crippen LogP contribution in [-0.2, 0) is 4.74 Å². The van der Waals surface area contributed by atoms with Gasteiger partial charge in [0.25, 0.3) is 5.85 Å². The van der Waals surface area contributed by atoms with Crippen molar-refractivity contribution in [3.63, 3.8) is 0 Å². The Morgan fingerprint density at radius 3 is 2.79 bits per heavy atom. The van der Waals surface area contributed by atoms with Crippen molar-refractivity contribution in [1.29, 1.82) is 0 Å². The zero-order valence-corrected chi connectivity index (χ0v) is 12.6. The number of anilines is 1. The molecule has 3 heterocycles. The van der Waals surface area contributed by atoms with Crippen molar-refractivity contribution in [2.24, 2.45) is 0 Å². The zero-order chi connectivity index (χ0) is 17.5. The molecule has 1 aliphatic rings. The number of rotatable bonds is 4. The molecular formula is C13H16FN5O5. The first-order valence-electron chi connectivity index (χ1n) is 6.93. The van der Waals surface area contributed by atoms with Gasteiger partial charge in [-0.1, -0.05) is 0 Å². The number of nitrogens with two attached hydrogens (primary N) is 1. The highest BCUT2D eigenvalue weighted by molar-refractivity contribution is 5.69. The number of hydrogen-bond acceptors (Lipinski definition) is 9. The Morgan fingerprint density at radius 2 is 2.21 bits per heavy atom. The molecule has 0 aromatic carbocycles. The van der Waals surface area contributed by atoms with E-state index in [9.17, 15) is 14.6 Å². The second kappa shape index (κ2) is 5.94. The highest BCUT2D eigenvalue weighted by Gasteiger charge is 2.55. The van der Waals surface area contributed by atoms with E-state index >= 15 is 0 Å². The van der Waals surface area contributed by atoms with Crippen LogP contribution in [0, 0.1) is 0 Å². The van der Waals surface area contributed by atoms with Crippen LogP contribution in [0.25, 0.3) is 11.3 Å². The van der Waals surface area contributed by atoms with E-state index in [1.54, 1.807) is 0 Å². The number of aliphatic hydroxyl groups excluding tert-OH is 3. The lowest BCUT2D eigenvalue weighted by Gasteiger charge is -2.19. The quantitative estimate of drug-likeness (QED) is 0.540. The summed E-state index contributed by atoms with van der Waals surface area (Å²) in [6.07, 6.45) is -0.657. The molecule has 1 fully saturated rings. The molecule has 0 bridgehead atoms. The predicted octanol–water partition coefficient (Wildman–Crippen LogP) is -1.16. The molecule has 5 N–H and O–H groups in total. The van der Waals surface area contributed by atoms with Crippen molar-refractivity contribution in [3.8, 4) is 17.3 Å². The van der Waals surface area contributed by atoms with Gasteiger partial charge in [0, 0.05) is 12.4 Å². The molecule has 24 heavy (non-hydrogen) atoms. The third-order valence-electron chi connectivity index (χ3n) is 3.74. The largest absolute Gasteiger partial charge is 0.467 e. The predicted molar refractivity (Wildman–Crippen MR) is 77.3 cm³/mol. The number of hydrogen-bond donors (Lipinski definition) is 4. The van der Waals surface area contributed by atoms with E-state index in [0.29, 0.717) is 11.3 Å². The molecule has 1 saturated heterocycles. The summed E-state index contributed by atoms with van der Waals surface area (Å²) in [6.45, 7) is -1.09. The number of nitrogen functional groups attached to an aromatic ring is 1. The minimum atomic E-state index is -2.75. The molecule has 0 amide bonds. The standard InChI is InChI=1S/C13H16FN5O5/c1-23-12-16-2-6(10(15)18-12)7-3-19(5-17-7)11-8(21)9(22)13(14,4-20)24-11/h2-3,5,8-9,11,20-22H,4H2,1H3,(H2,15,16,18)/t8?,9-,11-,13-/m1/s1. The lowest BCUT2D eigenvalue weighted by Crippen LogP contribution is -2.42. The number of nitrogens with zero attached hydrogens (tertiary/aromatic N) is 4. The summed E-state index contributed by atoms with van der Waals surface area (Å²) in [5, 5.41) is 28.6. The van der Waals surface area contributed by atoms with Crippen molar-refractivity contribution in [2.75, 3.05) is 19.5 Å². The maximum atomic E-state index is 14.1. The minimum Gasteiger partial charge on any atom is -0.467 e. The molecule has 130 valence electrons. The van der Waals surface area contributed by atoms with Crippen LogP contribution in [0.15, 0.2) is 18.7 Å². The highest BCUT2D eigenvalue weighted by Crippen LogP contribution is 2.38. The van der Waals surface area contributed by atoms with E-state index in [2.05, 4.69) is 15.0 Å². The van der Waals surface area contributed by atoms with E-state index in [4.69, 9.17) is 20.3 Å². The monoisotopic (exact) mass is 341 g/mol. The fourth-order valence-corrected chi connectivity index (χ4v) is 2.41. The van der Waals surface area contributed by atoms with Gasteiger partial charge in [-0.25, -0.2) is 14.4 Å². The van der Waals surface area contributed by atoms with Gasteiger partial charge in [0.1, 0.15) is 24.6 Å². The second-order valence-corrected chi connectivity index (χ2v) is 5.25. The van der Waals surface area contributed by atoms with Crippen LogP contribution < -0.4 is 10.5 Å². The molecule has 11 heteroatoms. The van der Waals surface area contributed by atoms with Crippen molar-refractivity contribution >= 4 is 5.82 Å². The molecule has 0 radical (unpaired) electrons. The lowest BCUT2D eigenvalue weighted by molar-refractivity contribution is -0.206. The number of imidazole rings is 1. The first kappa shape index (κ1) is 16.5.